The summed E-state index contributed by atoms with van der Waals surface area (Å²) in [5.74, 6) is 0.829. The van der Waals surface area contributed by atoms with Crippen LogP contribution in [0.2, 0.25) is 5.02 Å². The Hall–Kier alpha value is -1.28. The molecule has 0 atom stereocenters. The lowest BCUT2D eigenvalue weighted by molar-refractivity contribution is 1.42. The molecule has 74 valence electrons. The topological polar surface area (TPSA) is 24.4 Å². The van der Waals surface area contributed by atoms with E-state index in [1.807, 2.05) is 43.3 Å². The molecule has 0 unspecified atom stereocenters. The number of rotatable bonds is 2. The summed E-state index contributed by atoms with van der Waals surface area (Å²) in [6.45, 7) is 1.95. The standard InChI is InChI=1S/C11H13ClN2/c1-3-4-11(13-2)14-10-7-5-9(12)6-8-10/h3-8H,1-2H3,(H,13,14). The molecule has 0 aliphatic carbocycles. The van der Waals surface area contributed by atoms with Gasteiger partial charge in [0.05, 0.1) is 0 Å². The van der Waals surface area contributed by atoms with Gasteiger partial charge in [-0.3, -0.25) is 4.99 Å². The van der Waals surface area contributed by atoms with Crippen molar-refractivity contribution in [3.8, 4) is 0 Å². The molecule has 1 N–H and O–H groups in total. The third-order valence-electron chi connectivity index (χ3n) is 1.68. The van der Waals surface area contributed by atoms with Gasteiger partial charge in [-0.25, -0.2) is 0 Å². The van der Waals surface area contributed by atoms with Crippen LogP contribution in [0.3, 0.4) is 0 Å². The maximum atomic E-state index is 5.77. The average molecular weight is 209 g/mol. The molecule has 1 aromatic carbocycles. The normalized spacial score (nSPS) is 12.1. The molecule has 0 saturated carbocycles. The van der Waals surface area contributed by atoms with Gasteiger partial charge in [-0.15, -0.1) is 0 Å². The lowest BCUT2D eigenvalue weighted by Crippen LogP contribution is -2.08. The van der Waals surface area contributed by atoms with Crippen LogP contribution in [-0.4, -0.2) is 12.9 Å². The van der Waals surface area contributed by atoms with E-state index in [9.17, 15) is 0 Å². The van der Waals surface area contributed by atoms with Crippen molar-refractivity contribution in [1.82, 2.24) is 0 Å². The molecule has 3 heteroatoms. The minimum Gasteiger partial charge on any atom is -0.341 e. The first-order valence-electron chi connectivity index (χ1n) is 4.38. The predicted molar refractivity (Wildman–Crippen MR) is 63.2 cm³/mol. The van der Waals surface area contributed by atoms with E-state index in [0.717, 1.165) is 16.5 Å². The van der Waals surface area contributed by atoms with Crippen LogP contribution in [-0.2, 0) is 0 Å². The predicted octanol–water partition coefficient (Wildman–Crippen LogP) is 3.36. The molecule has 0 amide bonds. The molecule has 0 spiro atoms. The van der Waals surface area contributed by atoms with Crippen molar-refractivity contribution >= 4 is 23.1 Å². The van der Waals surface area contributed by atoms with E-state index < -0.39 is 0 Å². The Morgan fingerprint density at radius 1 is 1.36 bits per heavy atom. The van der Waals surface area contributed by atoms with Crippen molar-refractivity contribution in [1.29, 1.82) is 0 Å². The zero-order chi connectivity index (χ0) is 10.4. The summed E-state index contributed by atoms with van der Waals surface area (Å²) in [5.41, 5.74) is 0.980. The minimum atomic E-state index is 0.733. The number of halogens is 1. The Bertz CT molecular complexity index is 339. The van der Waals surface area contributed by atoms with Gasteiger partial charge >= 0.3 is 0 Å². The fourth-order valence-electron chi connectivity index (χ4n) is 1.01. The molecule has 0 bridgehead atoms. The van der Waals surface area contributed by atoms with E-state index in [0.29, 0.717) is 0 Å². The largest absolute Gasteiger partial charge is 0.341 e. The quantitative estimate of drug-likeness (QED) is 0.585. The first-order chi connectivity index (χ1) is 6.76. The van der Waals surface area contributed by atoms with Crippen molar-refractivity contribution in [2.75, 3.05) is 12.4 Å². The first-order valence-corrected chi connectivity index (χ1v) is 4.76. The maximum absolute atomic E-state index is 5.77. The van der Waals surface area contributed by atoms with E-state index in [4.69, 9.17) is 11.6 Å². The summed E-state index contributed by atoms with van der Waals surface area (Å²) >= 11 is 5.77. The number of allylic oxidation sites excluding steroid dienone is 1. The lowest BCUT2D eigenvalue weighted by atomic mass is 10.3. The Labute approximate surface area is 89.3 Å². The Kier molecular flexibility index (Phi) is 4.20. The van der Waals surface area contributed by atoms with Gasteiger partial charge in [0.1, 0.15) is 5.84 Å². The van der Waals surface area contributed by atoms with Crippen LogP contribution >= 0.6 is 11.6 Å². The fourth-order valence-corrected chi connectivity index (χ4v) is 1.14. The molecule has 1 rings (SSSR count). The molecule has 0 aromatic heterocycles. The molecule has 14 heavy (non-hydrogen) atoms. The molecule has 2 nitrogen and oxygen atoms in total. The van der Waals surface area contributed by atoms with Crippen molar-refractivity contribution in [2.24, 2.45) is 4.99 Å². The van der Waals surface area contributed by atoms with Crippen molar-refractivity contribution in [2.45, 2.75) is 6.92 Å². The average Bonchev–Trinajstić information content (AvgIpc) is 2.20. The summed E-state index contributed by atoms with van der Waals surface area (Å²) < 4.78 is 0. The van der Waals surface area contributed by atoms with E-state index in [1.54, 1.807) is 7.05 Å². The van der Waals surface area contributed by atoms with E-state index in [-0.39, 0.29) is 0 Å². The molecule has 0 radical (unpaired) electrons. The third kappa shape index (κ3) is 3.23. The second-order valence-electron chi connectivity index (χ2n) is 2.74. The number of benzene rings is 1. The molecule has 0 aliphatic rings. The summed E-state index contributed by atoms with van der Waals surface area (Å²) in [6.07, 6.45) is 3.85. The monoisotopic (exact) mass is 208 g/mol. The van der Waals surface area contributed by atoms with E-state index in [2.05, 4.69) is 10.3 Å². The number of hydrogen-bond donors (Lipinski definition) is 1. The van der Waals surface area contributed by atoms with Crippen LogP contribution in [0.25, 0.3) is 0 Å². The van der Waals surface area contributed by atoms with Crippen molar-refractivity contribution in [3.63, 3.8) is 0 Å². The van der Waals surface area contributed by atoms with Gasteiger partial charge < -0.3 is 5.32 Å². The van der Waals surface area contributed by atoms with Crippen LogP contribution in [0.5, 0.6) is 0 Å². The Morgan fingerprint density at radius 2 is 2.00 bits per heavy atom. The Morgan fingerprint density at radius 3 is 2.50 bits per heavy atom. The van der Waals surface area contributed by atoms with Crippen LogP contribution in [0.15, 0.2) is 41.4 Å². The summed E-state index contributed by atoms with van der Waals surface area (Å²) in [5, 5.41) is 3.89. The van der Waals surface area contributed by atoms with Crippen molar-refractivity contribution in [3.05, 3.63) is 41.4 Å². The second kappa shape index (κ2) is 5.45. The summed E-state index contributed by atoms with van der Waals surface area (Å²) in [4.78, 5) is 4.08. The highest BCUT2D eigenvalue weighted by Gasteiger charge is 1.94. The number of hydrogen-bond acceptors (Lipinski definition) is 1. The fraction of sp³-hybridized carbons (Fsp3) is 0.182. The van der Waals surface area contributed by atoms with Crippen LogP contribution in [0, 0.1) is 0 Å². The van der Waals surface area contributed by atoms with Crippen LogP contribution in [0.1, 0.15) is 6.92 Å². The zero-order valence-corrected chi connectivity index (χ0v) is 9.05. The molecule has 1 aromatic rings. The number of amidine groups is 1. The smallest absolute Gasteiger partial charge is 0.124 e. The molecule has 0 saturated heterocycles. The molecular formula is C11H13ClN2. The van der Waals surface area contributed by atoms with Crippen LogP contribution in [0.4, 0.5) is 5.69 Å². The van der Waals surface area contributed by atoms with Gasteiger partial charge in [-0.2, -0.15) is 0 Å². The number of aliphatic imine (C=N–C) groups is 1. The minimum absolute atomic E-state index is 0.733. The molecule has 0 fully saturated rings. The highest BCUT2D eigenvalue weighted by Crippen LogP contribution is 2.13. The van der Waals surface area contributed by atoms with Gasteiger partial charge in [0.15, 0.2) is 0 Å². The van der Waals surface area contributed by atoms with Gasteiger partial charge in [0, 0.05) is 17.8 Å². The second-order valence-corrected chi connectivity index (χ2v) is 3.18. The van der Waals surface area contributed by atoms with Gasteiger partial charge in [0.25, 0.3) is 0 Å². The number of anilines is 1. The van der Waals surface area contributed by atoms with Gasteiger partial charge in [0.2, 0.25) is 0 Å². The van der Waals surface area contributed by atoms with Gasteiger partial charge in [-0.1, -0.05) is 17.7 Å². The van der Waals surface area contributed by atoms with Gasteiger partial charge in [-0.05, 0) is 37.3 Å². The Balaban J connectivity index is 2.73. The van der Waals surface area contributed by atoms with E-state index >= 15 is 0 Å². The first kappa shape index (κ1) is 10.8. The highest BCUT2D eigenvalue weighted by atomic mass is 35.5. The number of nitrogens with zero attached hydrogens (tertiary/aromatic N) is 1. The summed E-state index contributed by atoms with van der Waals surface area (Å²) in [7, 11) is 1.75. The highest BCUT2D eigenvalue weighted by molar-refractivity contribution is 6.30. The molecule has 0 heterocycles. The maximum Gasteiger partial charge on any atom is 0.124 e. The lowest BCUT2D eigenvalue weighted by Gasteiger charge is -2.05. The summed E-state index contributed by atoms with van der Waals surface area (Å²) in [6, 6.07) is 7.51. The number of nitrogens with one attached hydrogen (secondary N) is 1. The molecule has 0 aliphatic heterocycles. The third-order valence-corrected chi connectivity index (χ3v) is 1.93. The van der Waals surface area contributed by atoms with Crippen molar-refractivity contribution < 1.29 is 0 Å². The molecular weight excluding hydrogens is 196 g/mol. The van der Waals surface area contributed by atoms with Crippen LogP contribution < -0.4 is 5.32 Å². The van der Waals surface area contributed by atoms with E-state index in [1.165, 1.54) is 0 Å². The zero-order valence-electron chi connectivity index (χ0n) is 8.29. The SMILES string of the molecule is CC=CC(=NC)Nc1ccc(Cl)cc1.